The molecular weight excluding hydrogens is 286 g/mol. The second-order valence-corrected chi connectivity index (χ2v) is 5.13. The first-order valence-corrected chi connectivity index (χ1v) is 6.87. The van der Waals surface area contributed by atoms with Crippen LogP contribution < -0.4 is 5.32 Å². The highest BCUT2D eigenvalue weighted by atomic mass is 16.5. The SMILES string of the molecule is Cc1cc(NC(=O)c2c(C)oc3c2C2=NCCN2C=N3)no1. The van der Waals surface area contributed by atoms with Crippen molar-refractivity contribution in [2.24, 2.45) is 9.98 Å². The third-order valence-corrected chi connectivity index (χ3v) is 3.57. The quantitative estimate of drug-likeness (QED) is 0.913. The van der Waals surface area contributed by atoms with E-state index in [1.165, 1.54) is 0 Å². The fourth-order valence-corrected chi connectivity index (χ4v) is 2.62. The molecule has 2 aromatic heterocycles. The van der Waals surface area contributed by atoms with Crippen LogP contribution in [0.4, 0.5) is 11.7 Å². The largest absolute Gasteiger partial charge is 0.442 e. The van der Waals surface area contributed by atoms with Gasteiger partial charge in [-0.25, -0.2) is 4.99 Å². The van der Waals surface area contributed by atoms with Crippen LogP contribution in [0, 0.1) is 13.8 Å². The Kier molecular flexibility index (Phi) is 2.65. The normalized spacial score (nSPS) is 15.5. The van der Waals surface area contributed by atoms with Crippen LogP contribution in [0.3, 0.4) is 0 Å². The summed E-state index contributed by atoms with van der Waals surface area (Å²) in [5, 5.41) is 6.47. The minimum Gasteiger partial charge on any atom is -0.442 e. The molecule has 8 nitrogen and oxygen atoms in total. The molecular formula is C14H13N5O3. The van der Waals surface area contributed by atoms with E-state index in [1.54, 1.807) is 26.3 Å². The van der Waals surface area contributed by atoms with Crippen molar-refractivity contribution in [1.29, 1.82) is 0 Å². The van der Waals surface area contributed by atoms with Crippen molar-refractivity contribution in [2.75, 3.05) is 18.4 Å². The lowest BCUT2D eigenvalue weighted by Gasteiger charge is -2.18. The van der Waals surface area contributed by atoms with Gasteiger partial charge in [-0.15, -0.1) is 0 Å². The molecule has 0 fully saturated rings. The number of anilines is 1. The minimum atomic E-state index is -0.317. The highest BCUT2D eigenvalue weighted by Crippen LogP contribution is 2.34. The predicted octanol–water partition coefficient (Wildman–Crippen LogP) is 1.87. The number of hydrogen-bond acceptors (Lipinski definition) is 7. The molecule has 8 heteroatoms. The molecule has 0 bridgehead atoms. The molecule has 0 aromatic carbocycles. The Morgan fingerprint density at radius 1 is 1.41 bits per heavy atom. The number of amidine groups is 1. The maximum atomic E-state index is 12.6. The van der Waals surface area contributed by atoms with Gasteiger partial charge in [-0.3, -0.25) is 9.79 Å². The fraction of sp³-hybridized carbons (Fsp3) is 0.286. The summed E-state index contributed by atoms with van der Waals surface area (Å²) >= 11 is 0. The number of fused-ring (bicyclic) bond motifs is 3. The van der Waals surface area contributed by atoms with Gasteiger partial charge >= 0.3 is 0 Å². The highest BCUT2D eigenvalue weighted by molar-refractivity contribution is 6.19. The molecule has 1 amide bonds. The van der Waals surface area contributed by atoms with E-state index < -0.39 is 0 Å². The highest BCUT2D eigenvalue weighted by Gasteiger charge is 2.33. The number of carbonyl (C=O) groups excluding carboxylic acids is 1. The summed E-state index contributed by atoms with van der Waals surface area (Å²) in [7, 11) is 0. The van der Waals surface area contributed by atoms with Crippen LogP contribution in [0.15, 0.2) is 25.0 Å². The van der Waals surface area contributed by atoms with Crippen LogP contribution in [0.25, 0.3) is 0 Å². The molecule has 112 valence electrons. The first kappa shape index (κ1) is 12.8. The lowest BCUT2D eigenvalue weighted by molar-refractivity contribution is 0.102. The molecule has 4 heterocycles. The summed E-state index contributed by atoms with van der Waals surface area (Å²) < 4.78 is 10.6. The van der Waals surface area contributed by atoms with Crippen molar-refractivity contribution in [2.45, 2.75) is 13.8 Å². The van der Waals surface area contributed by atoms with Gasteiger partial charge in [0.1, 0.15) is 23.7 Å². The maximum absolute atomic E-state index is 12.6. The molecule has 22 heavy (non-hydrogen) atoms. The molecule has 1 N–H and O–H groups in total. The van der Waals surface area contributed by atoms with E-state index in [9.17, 15) is 4.79 Å². The first-order chi connectivity index (χ1) is 10.6. The Balaban J connectivity index is 1.75. The van der Waals surface area contributed by atoms with E-state index in [2.05, 4.69) is 20.5 Å². The molecule has 4 rings (SSSR count). The van der Waals surface area contributed by atoms with E-state index in [-0.39, 0.29) is 5.91 Å². The van der Waals surface area contributed by atoms with E-state index in [1.807, 2.05) is 4.90 Å². The zero-order valence-electron chi connectivity index (χ0n) is 12.1. The van der Waals surface area contributed by atoms with Crippen molar-refractivity contribution in [3.63, 3.8) is 0 Å². The average molecular weight is 299 g/mol. The summed E-state index contributed by atoms with van der Waals surface area (Å²) in [4.78, 5) is 23.2. The third-order valence-electron chi connectivity index (χ3n) is 3.57. The van der Waals surface area contributed by atoms with Gasteiger partial charge < -0.3 is 19.2 Å². The minimum absolute atomic E-state index is 0.317. The van der Waals surface area contributed by atoms with Gasteiger partial charge in [0, 0.05) is 12.6 Å². The smallest absolute Gasteiger partial charge is 0.261 e. The number of aromatic nitrogens is 1. The number of nitrogens with one attached hydrogen (secondary N) is 1. The summed E-state index contributed by atoms with van der Waals surface area (Å²) in [6, 6.07) is 1.65. The molecule has 2 aliphatic rings. The standard InChI is InChI=1S/C14H13N5O3/c1-7-5-9(18-22-7)17-13(20)10-8(2)21-14-11(10)12-15-3-4-19(12)6-16-14/h5-6H,3-4H2,1-2H3,(H,17,18,20). The van der Waals surface area contributed by atoms with Crippen molar-refractivity contribution in [1.82, 2.24) is 10.1 Å². The Morgan fingerprint density at radius 2 is 2.27 bits per heavy atom. The van der Waals surface area contributed by atoms with Gasteiger partial charge in [0.05, 0.1) is 17.7 Å². The second-order valence-electron chi connectivity index (χ2n) is 5.13. The van der Waals surface area contributed by atoms with Crippen molar-refractivity contribution < 1.29 is 13.7 Å². The molecule has 0 saturated carbocycles. The zero-order valence-corrected chi connectivity index (χ0v) is 12.1. The number of aryl methyl sites for hydroxylation is 2. The lowest BCUT2D eigenvalue weighted by Crippen LogP contribution is -2.30. The third kappa shape index (κ3) is 1.84. The lowest BCUT2D eigenvalue weighted by atomic mass is 10.1. The number of rotatable bonds is 2. The Hall–Kier alpha value is -2.90. The van der Waals surface area contributed by atoms with Crippen LogP contribution in [0.2, 0.25) is 0 Å². The summed E-state index contributed by atoms with van der Waals surface area (Å²) in [6.07, 6.45) is 1.68. The maximum Gasteiger partial charge on any atom is 0.261 e. The van der Waals surface area contributed by atoms with Crippen LogP contribution in [0.1, 0.15) is 27.4 Å². The number of aliphatic imine (C=N–C) groups is 2. The van der Waals surface area contributed by atoms with Crippen molar-refractivity contribution in [3.8, 4) is 0 Å². The molecule has 2 aromatic rings. The van der Waals surface area contributed by atoms with Gasteiger partial charge in [-0.2, -0.15) is 0 Å². The molecule has 0 spiro atoms. The number of hydrogen-bond donors (Lipinski definition) is 1. The summed E-state index contributed by atoms with van der Waals surface area (Å²) in [6.45, 7) is 4.92. The van der Waals surface area contributed by atoms with Crippen molar-refractivity contribution >= 4 is 29.8 Å². The monoisotopic (exact) mass is 299 g/mol. The van der Waals surface area contributed by atoms with E-state index >= 15 is 0 Å². The van der Waals surface area contributed by atoms with Crippen LogP contribution in [-0.2, 0) is 0 Å². The van der Waals surface area contributed by atoms with E-state index in [0.717, 1.165) is 12.4 Å². The van der Waals surface area contributed by atoms with Crippen LogP contribution >= 0.6 is 0 Å². The number of nitrogens with zero attached hydrogens (tertiary/aromatic N) is 4. The summed E-state index contributed by atoms with van der Waals surface area (Å²) in [5.41, 5.74) is 1.06. The predicted molar refractivity (Wildman–Crippen MR) is 78.9 cm³/mol. The van der Waals surface area contributed by atoms with Crippen LogP contribution in [-0.4, -0.2) is 41.2 Å². The van der Waals surface area contributed by atoms with Crippen LogP contribution in [0.5, 0.6) is 0 Å². The topological polar surface area (TPSA) is 96.2 Å². The van der Waals surface area contributed by atoms with Gasteiger partial charge in [0.15, 0.2) is 5.82 Å². The van der Waals surface area contributed by atoms with E-state index in [0.29, 0.717) is 40.9 Å². The number of furan rings is 1. The number of amides is 1. The van der Waals surface area contributed by atoms with Gasteiger partial charge in [0.2, 0.25) is 5.88 Å². The average Bonchev–Trinajstić information content (AvgIpc) is 3.15. The molecule has 0 saturated heterocycles. The molecule has 0 unspecified atom stereocenters. The molecule has 0 radical (unpaired) electrons. The first-order valence-electron chi connectivity index (χ1n) is 6.87. The second kappa shape index (κ2) is 4.55. The Bertz CT molecular complexity index is 830. The fourth-order valence-electron chi connectivity index (χ4n) is 2.62. The molecule has 0 atom stereocenters. The van der Waals surface area contributed by atoms with Crippen molar-refractivity contribution in [3.05, 3.63) is 28.7 Å². The molecule has 2 aliphatic heterocycles. The van der Waals surface area contributed by atoms with Gasteiger partial charge in [0.25, 0.3) is 5.91 Å². The Morgan fingerprint density at radius 3 is 3.05 bits per heavy atom. The number of carbonyl (C=O) groups is 1. The summed E-state index contributed by atoms with van der Waals surface area (Å²) in [5.74, 6) is 2.30. The van der Waals surface area contributed by atoms with Gasteiger partial charge in [-0.1, -0.05) is 5.16 Å². The zero-order chi connectivity index (χ0) is 15.3. The Labute approximate surface area is 125 Å². The van der Waals surface area contributed by atoms with Gasteiger partial charge in [-0.05, 0) is 13.8 Å². The van der Waals surface area contributed by atoms with E-state index in [4.69, 9.17) is 8.94 Å². The molecule has 0 aliphatic carbocycles.